The highest BCUT2D eigenvalue weighted by Crippen LogP contribution is 2.29. The molecule has 25 heavy (non-hydrogen) atoms. The van der Waals surface area contributed by atoms with Crippen LogP contribution in [0.25, 0.3) is 10.9 Å². The maximum atomic E-state index is 12.5. The van der Waals surface area contributed by atoms with Crippen LogP contribution in [0, 0.1) is 5.41 Å². The van der Waals surface area contributed by atoms with Crippen LogP contribution in [0.15, 0.2) is 36.5 Å². The number of amides is 1. The number of hydrogen-bond donors (Lipinski definition) is 2. The van der Waals surface area contributed by atoms with Crippen LogP contribution in [0.3, 0.4) is 0 Å². The number of pyridine rings is 1. The molecule has 0 aliphatic carbocycles. The fraction of sp³-hybridized carbons (Fsp3) is 0.444. The molecule has 0 spiro atoms. The van der Waals surface area contributed by atoms with E-state index >= 15 is 0 Å². The second-order valence-corrected chi connectivity index (χ2v) is 6.09. The molecule has 0 radical (unpaired) electrons. The molecule has 0 atom stereocenters. The number of halogens is 2. The topological polar surface area (TPSA) is 77.2 Å². The molecule has 0 saturated carbocycles. The minimum absolute atomic E-state index is 0. The number of aromatic nitrogens is 1. The molecule has 0 unspecified atom stereocenters. The zero-order chi connectivity index (χ0) is 16.1. The zero-order valence-corrected chi connectivity index (χ0v) is 15.7. The Kier molecular flexibility index (Phi) is 8.59. The van der Waals surface area contributed by atoms with Gasteiger partial charge in [0.2, 0.25) is 5.91 Å². The van der Waals surface area contributed by atoms with E-state index in [1.165, 1.54) is 0 Å². The Balaban J connectivity index is 0.00000156. The molecule has 1 fully saturated rings. The number of benzene rings is 1. The average molecular weight is 386 g/mol. The van der Waals surface area contributed by atoms with Gasteiger partial charge in [-0.3, -0.25) is 9.78 Å². The summed E-state index contributed by atoms with van der Waals surface area (Å²) in [5, 5.41) is 4.18. The molecular formula is C18H25Cl2N3O2. The number of para-hydroxylation sites is 1. The molecule has 0 bridgehead atoms. The first-order valence-electron chi connectivity index (χ1n) is 8.14. The van der Waals surface area contributed by atoms with Gasteiger partial charge in [-0.2, -0.15) is 0 Å². The van der Waals surface area contributed by atoms with Crippen LogP contribution >= 0.6 is 24.8 Å². The number of nitrogens with one attached hydrogen (secondary N) is 1. The number of carbonyl (C=O) groups is 1. The SMILES string of the molecule is Cl.Cl.NCC1(C(=O)NCCc2cccc3cccnc23)CCOCC1. The number of fused-ring (bicyclic) bond motifs is 1. The normalized spacial score (nSPS) is 15.7. The van der Waals surface area contributed by atoms with Gasteiger partial charge in [-0.15, -0.1) is 24.8 Å². The standard InChI is InChI=1S/C18H23N3O2.2ClH/c19-13-18(7-11-23-12-8-18)17(22)21-10-6-15-4-1-3-14-5-2-9-20-16(14)15;;/h1-5,9H,6-8,10-13,19H2,(H,21,22);2*1H. The van der Waals surface area contributed by atoms with Crippen molar-refractivity contribution in [1.82, 2.24) is 10.3 Å². The van der Waals surface area contributed by atoms with Gasteiger partial charge in [0.15, 0.2) is 0 Å². The molecule has 1 aliphatic rings. The lowest BCUT2D eigenvalue weighted by Gasteiger charge is -2.34. The summed E-state index contributed by atoms with van der Waals surface area (Å²) in [7, 11) is 0. The Labute approximate surface area is 160 Å². The number of nitrogens with zero attached hydrogens (tertiary/aromatic N) is 1. The largest absolute Gasteiger partial charge is 0.381 e. The smallest absolute Gasteiger partial charge is 0.227 e. The minimum Gasteiger partial charge on any atom is -0.381 e. The molecule has 1 amide bonds. The molecule has 5 nitrogen and oxygen atoms in total. The number of ether oxygens (including phenoxy) is 1. The summed E-state index contributed by atoms with van der Waals surface area (Å²) in [6.07, 6.45) is 3.96. The van der Waals surface area contributed by atoms with Crippen LogP contribution in [0.1, 0.15) is 18.4 Å². The third-order valence-corrected chi connectivity index (χ3v) is 4.72. The molecule has 1 saturated heterocycles. The summed E-state index contributed by atoms with van der Waals surface area (Å²) in [6.45, 7) is 2.19. The molecular weight excluding hydrogens is 361 g/mol. The van der Waals surface area contributed by atoms with Gasteiger partial charge in [0.05, 0.1) is 10.9 Å². The molecule has 2 heterocycles. The maximum Gasteiger partial charge on any atom is 0.227 e. The predicted molar refractivity (Wildman–Crippen MR) is 104 cm³/mol. The third-order valence-electron chi connectivity index (χ3n) is 4.72. The Morgan fingerprint density at radius 3 is 2.64 bits per heavy atom. The van der Waals surface area contributed by atoms with E-state index in [0.717, 1.165) is 22.9 Å². The quantitative estimate of drug-likeness (QED) is 0.828. The molecule has 1 aliphatic heterocycles. The van der Waals surface area contributed by atoms with E-state index in [4.69, 9.17) is 10.5 Å². The van der Waals surface area contributed by atoms with Crippen molar-refractivity contribution in [2.75, 3.05) is 26.3 Å². The highest BCUT2D eigenvalue weighted by Gasteiger charge is 2.38. The van der Waals surface area contributed by atoms with Gasteiger partial charge in [0.1, 0.15) is 0 Å². The minimum atomic E-state index is -0.463. The van der Waals surface area contributed by atoms with E-state index in [1.807, 2.05) is 12.1 Å². The number of hydrogen-bond acceptors (Lipinski definition) is 4. The van der Waals surface area contributed by atoms with Crippen molar-refractivity contribution in [3.8, 4) is 0 Å². The first-order chi connectivity index (χ1) is 11.2. The van der Waals surface area contributed by atoms with Gasteiger partial charge < -0.3 is 15.8 Å². The molecule has 3 N–H and O–H groups in total. The van der Waals surface area contributed by atoms with Crippen LogP contribution in [0.5, 0.6) is 0 Å². The summed E-state index contributed by atoms with van der Waals surface area (Å²) >= 11 is 0. The van der Waals surface area contributed by atoms with Crippen LogP contribution in [-0.2, 0) is 16.0 Å². The van der Waals surface area contributed by atoms with Crippen molar-refractivity contribution < 1.29 is 9.53 Å². The van der Waals surface area contributed by atoms with E-state index in [2.05, 4.69) is 28.5 Å². The van der Waals surface area contributed by atoms with Gasteiger partial charge in [-0.1, -0.05) is 24.3 Å². The average Bonchev–Trinajstić information content (AvgIpc) is 2.62. The monoisotopic (exact) mass is 385 g/mol. The van der Waals surface area contributed by atoms with E-state index in [0.29, 0.717) is 39.1 Å². The fourth-order valence-corrected chi connectivity index (χ4v) is 3.15. The lowest BCUT2D eigenvalue weighted by atomic mass is 9.79. The Hall–Kier alpha value is -1.40. The highest BCUT2D eigenvalue weighted by molar-refractivity contribution is 5.86. The second kappa shape index (κ2) is 9.92. The van der Waals surface area contributed by atoms with Crippen molar-refractivity contribution in [1.29, 1.82) is 0 Å². The van der Waals surface area contributed by atoms with Crippen molar-refractivity contribution in [2.24, 2.45) is 11.1 Å². The van der Waals surface area contributed by atoms with Crippen molar-refractivity contribution in [2.45, 2.75) is 19.3 Å². The van der Waals surface area contributed by atoms with Crippen LogP contribution in [0.4, 0.5) is 0 Å². The van der Waals surface area contributed by atoms with Gasteiger partial charge in [-0.05, 0) is 30.9 Å². The van der Waals surface area contributed by atoms with E-state index in [1.54, 1.807) is 6.20 Å². The van der Waals surface area contributed by atoms with Gasteiger partial charge in [0.25, 0.3) is 0 Å². The lowest BCUT2D eigenvalue weighted by Crippen LogP contribution is -2.49. The number of nitrogens with two attached hydrogens (primary N) is 1. The Bertz CT molecular complexity index is 686. The maximum absolute atomic E-state index is 12.5. The van der Waals surface area contributed by atoms with E-state index in [-0.39, 0.29) is 30.7 Å². The summed E-state index contributed by atoms with van der Waals surface area (Å²) in [5.74, 6) is 0.0523. The van der Waals surface area contributed by atoms with Gasteiger partial charge in [0, 0.05) is 37.9 Å². The van der Waals surface area contributed by atoms with Gasteiger partial charge >= 0.3 is 0 Å². The summed E-state index contributed by atoms with van der Waals surface area (Å²) in [5.41, 5.74) is 7.56. The molecule has 1 aromatic carbocycles. The van der Waals surface area contributed by atoms with Crippen LogP contribution in [-0.4, -0.2) is 37.2 Å². The molecule has 2 aromatic rings. The lowest BCUT2D eigenvalue weighted by molar-refractivity contribution is -0.135. The van der Waals surface area contributed by atoms with Crippen molar-refractivity contribution in [3.63, 3.8) is 0 Å². The molecule has 1 aromatic heterocycles. The summed E-state index contributed by atoms with van der Waals surface area (Å²) < 4.78 is 5.35. The van der Waals surface area contributed by atoms with E-state index in [9.17, 15) is 4.79 Å². The summed E-state index contributed by atoms with van der Waals surface area (Å²) in [6, 6.07) is 10.1. The van der Waals surface area contributed by atoms with Crippen molar-refractivity contribution in [3.05, 3.63) is 42.1 Å². The summed E-state index contributed by atoms with van der Waals surface area (Å²) in [4.78, 5) is 17.0. The van der Waals surface area contributed by atoms with Crippen LogP contribution < -0.4 is 11.1 Å². The Morgan fingerprint density at radius 1 is 1.20 bits per heavy atom. The second-order valence-electron chi connectivity index (χ2n) is 6.09. The van der Waals surface area contributed by atoms with Crippen LogP contribution in [0.2, 0.25) is 0 Å². The predicted octanol–water partition coefficient (Wildman–Crippen LogP) is 2.49. The molecule has 7 heteroatoms. The first-order valence-corrected chi connectivity index (χ1v) is 8.14. The fourth-order valence-electron chi connectivity index (χ4n) is 3.15. The Morgan fingerprint density at radius 2 is 1.92 bits per heavy atom. The number of carbonyl (C=O) groups excluding carboxylic acids is 1. The van der Waals surface area contributed by atoms with Gasteiger partial charge in [-0.25, -0.2) is 0 Å². The molecule has 138 valence electrons. The highest BCUT2D eigenvalue weighted by atomic mass is 35.5. The zero-order valence-electron chi connectivity index (χ0n) is 14.1. The third kappa shape index (κ3) is 4.82. The van der Waals surface area contributed by atoms with Crippen molar-refractivity contribution >= 4 is 41.6 Å². The molecule has 3 rings (SSSR count). The van der Waals surface area contributed by atoms with E-state index < -0.39 is 5.41 Å². The number of rotatable bonds is 5. The first kappa shape index (κ1) is 21.6.